The monoisotopic (exact) mass is 369 g/mol. The zero-order valence-corrected chi connectivity index (χ0v) is 15.2. The van der Waals surface area contributed by atoms with Crippen molar-refractivity contribution in [3.63, 3.8) is 0 Å². The zero-order chi connectivity index (χ0) is 18.7. The second kappa shape index (κ2) is 7.62. The standard InChI is InChI=1S/C20H20ClN3O2/c1-2-3-13-8-15-18(17(22)9-13)23-11-16(19(15)25)20(26)24-10-12-4-6-14(21)7-5-12/h4-9,11H,2-3,10,22H2,1H3,(H,23,25)(H,24,26). The zero-order valence-electron chi connectivity index (χ0n) is 14.4. The molecule has 0 aliphatic heterocycles. The Kier molecular flexibility index (Phi) is 5.28. The molecule has 0 fully saturated rings. The van der Waals surface area contributed by atoms with Gasteiger partial charge in [0, 0.05) is 23.2 Å². The van der Waals surface area contributed by atoms with E-state index < -0.39 is 5.91 Å². The molecule has 0 unspecified atom stereocenters. The van der Waals surface area contributed by atoms with Gasteiger partial charge < -0.3 is 16.0 Å². The number of amides is 1. The number of carbonyl (C=O) groups excluding carboxylic acids is 1. The average Bonchev–Trinajstić information content (AvgIpc) is 2.62. The number of nitrogens with one attached hydrogen (secondary N) is 2. The summed E-state index contributed by atoms with van der Waals surface area (Å²) in [5.74, 6) is -0.428. The third kappa shape index (κ3) is 3.73. The summed E-state index contributed by atoms with van der Waals surface area (Å²) in [6, 6.07) is 10.8. The lowest BCUT2D eigenvalue weighted by Crippen LogP contribution is -2.28. The minimum atomic E-state index is -0.428. The first-order valence-electron chi connectivity index (χ1n) is 8.46. The van der Waals surface area contributed by atoms with Crippen molar-refractivity contribution in [1.29, 1.82) is 0 Å². The van der Waals surface area contributed by atoms with Crippen LogP contribution in [-0.2, 0) is 13.0 Å². The fraction of sp³-hybridized carbons (Fsp3) is 0.200. The smallest absolute Gasteiger partial charge is 0.257 e. The SMILES string of the molecule is CCCc1cc(N)c2[nH]cc(C(=O)NCc3ccc(Cl)cc3)c(=O)c2c1. The lowest BCUT2D eigenvalue weighted by Gasteiger charge is -2.09. The van der Waals surface area contributed by atoms with Crippen LogP contribution in [0.2, 0.25) is 5.02 Å². The van der Waals surface area contributed by atoms with E-state index >= 15 is 0 Å². The number of aromatic amines is 1. The molecule has 0 aliphatic rings. The summed E-state index contributed by atoms with van der Waals surface area (Å²) < 4.78 is 0. The summed E-state index contributed by atoms with van der Waals surface area (Å²) in [6.45, 7) is 2.37. The molecule has 2 aromatic carbocycles. The third-order valence-electron chi connectivity index (χ3n) is 4.23. The van der Waals surface area contributed by atoms with Crippen molar-refractivity contribution < 1.29 is 4.79 Å². The van der Waals surface area contributed by atoms with Crippen LogP contribution in [0.25, 0.3) is 10.9 Å². The van der Waals surface area contributed by atoms with E-state index in [2.05, 4.69) is 17.2 Å². The van der Waals surface area contributed by atoms with Crippen LogP contribution >= 0.6 is 11.6 Å². The molecule has 3 aromatic rings. The molecule has 0 atom stereocenters. The molecule has 0 aliphatic carbocycles. The second-order valence-corrected chi connectivity index (χ2v) is 6.63. The number of aryl methyl sites for hydroxylation is 1. The minimum absolute atomic E-state index is 0.0690. The number of hydrogen-bond donors (Lipinski definition) is 3. The van der Waals surface area contributed by atoms with E-state index in [0.29, 0.717) is 28.2 Å². The maximum absolute atomic E-state index is 12.8. The number of benzene rings is 2. The maximum Gasteiger partial charge on any atom is 0.257 e. The molecule has 0 radical (unpaired) electrons. The van der Waals surface area contributed by atoms with Gasteiger partial charge in [0.1, 0.15) is 5.56 Å². The Balaban J connectivity index is 1.89. The first-order valence-corrected chi connectivity index (χ1v) is 8.84. The molecule has 4 N–H and O–H groups in total. The summed E-state index contributed by atoms with van der Waals surface area (Å²) >= 11 is 5.85. The topological polar surface area (TPSA) is 88.0 Å². The van der Waals surface area contributed by atoms with Gasteiger partial charge in [0.05, 0.1) is 11.2 Å². The van der Waals surface area contributed by atoms with Crippen LogP contribution in [0.1, 0.15) is 34.8 Å². The van der Waals surface area contributed by atoms with Gasteiger partial charge in [-0.15, -0.1) is 0 Å². The van der Waals surface area contributed by atoms with Gasteiger partial charge in [0.15, 0.2) is 0 Å². The van der Waals surface area contributed by atoms with Crippen LogP contribution in [0.15, 0.2) is 47.4 Å². The molecular formula is C20H20ClN3O2. The Morgan fingerprint density at radius 2 is 1.92 bits per heavy atom. The predicted octanol–water partition coefficient (Wildman–Crippen LogP) is 3.65. The molecule has 6 heteroatoms. The molecule has 0 saturated heterocycles. The molecule has 0 spiro atoms. The van der Waals surface area contributed by atoms with Crippen molar-refractivity contribution in [2.24, 2.45) is 0 Å². The van der Waals surface area contributed by atoms with Crippen molar-refractivity contribution in [2.45, 2.75) is 26.3 Å². The minimum Gasteiger partial charge on any atom is -0.397 e. The van der Waals surface area contributed by atoms with Crippen molar-refractivity contribution in [2.75, 3.05) is 5.73 Å². The Labute approximate surface area is 156 Å². The molecule has 1 aromatic heterocycles. The molecule has 0 bridgehead atoms. The van der Waals surface area contributed by atoms with Gasteiger partial charge in [0.25, 0.3) is 5.91 Å². The molecule has 5 nitrogen and oxygen atoms in total. The van der Waals surface area contributed by atoms with Gasteiger partial charge in [-0.25, -0.2) is 0 Å². The van der Waals surface area contributed by atoms with Gasteiger partial charge >= 0.3 is 0 Å². The highest BCUT2D eigenvalue weighted by Crippen LogP contribution is 2.20. The number of hydrogen-bond acceptors (Lipinski definition) is 3. The van der Waals surface area contributed by atoms with E-state index in [9.17, 15) is 9.59 Å². The van der Waals surface area contributed by atoms with Crippen molar-refractivity contribution in [1.82, 2.24) is 10.3 Å². The summed E-state index contributed by atoms with van der Waals surface area (Å²) in [7, 11) is 0. The Morgan fingerprint density at radius 3 is 2.62 bits per heavy atom. The first kappa shape index (κ1) is 18.0. The summed E-state index contributed by atoms with van der Waals surface area (Å²) in [6.07, 6.45) is 3.19. The molecule has 1 amide bonds. The number of nitrogens with two attached hydrogens (primary N) is 1. The van der Waals surface area contributed by atoms with Gasteiger partial charge in [-0.05, 0) is 41.8 Å². The molecule has 0 saturated carbocycles. The van der Waals surface area contributed by atoms with E-state index in [1.54, 1.807) is 12.1 Å². The summed E-state index contributed by atoms with van der Waals surface area (Å²) in [4.78, 5) is 28.2. The van der Waals surface area contributed by atoms with Crippen LogP contribution in [0.5, 0.6) is 0 Å². The number of H-pyrrole nitrogens is 1. The van der Waals surface area contributed by atoms with Crippen LogP contribution < -0.4 is 16.5 Å². The lowest BCUT2D eigenvalue weighted by atomic mass is 10.0. The molecule has 26 heavy (non-hydrogen) atoms. The largest absolute Gasteiger partial charge is 0.397 e. The van der Waals surface area contributed by atoms with E-state index in [0.717, 1.165) is 24.0 Å². The first-order chi connectivity index (χ1) is 12.5. The number of halogens is 1. The van der Waals surface area contributed by atoms with E-state index in [-0.39, 0.29) is 11.0 Å². The van der Waals surface area contributed by atoms with Gasteiger partial charge in [0.2, 0.25) is 5.43 Å². The molecule has 3 rings (SSSR count). The number of rotatable bonds is 5. The number of pyridine rings is 1. The highest BCUT2D eigenvalue weighted by Gasteiger charge is 2.14. The molecule has 1 heterocycles. The Bertz CT molecular complexity index is 1010. The van der Waals surface area contributed by atoms with Crippen LogP contribution in [-0.4, -0.2) is 10.9 Å². The Morgan fingerprint density at radius 1 is 1.19 bits per heavy atom. The highest BCUT2D eigenvalue weighted by atomic mass is 35.5. The van der Waals surface area contributed by atoms with E-state index in [4.69, 9.17) is 17.3 Å². The average molecular weight is 370 g/mol. The fourth-order valence-corrected chi connectivity index (χ4v) is 3.03. The van der Waals surface area contributed by atoms with Crippen molar-refractivity contribution in [3.05, 3.63) is 74.5 Å². The fourth-order valence-electron chi connectivity index (χ4n) is 2.90. The lowest BCUT2D eigenvalue weighted by molar-refractivity contribution is 0.0949. The number of carbonyl (C=O) groups is 1. The number of anilines is 1. The van der Waals surface area contributed by atoms with E-state index in [1.807, 2.05) is 24.3 Å². The molecular weight excluding hydrogens is 350 g/mol. The van der Waals surface area contributed by atoms with E-state index in [1.165, 1.54) is 6.20 Å². The summed E-state index contributed by atoms with van der Waals surface area (Å²) in [5, 5.41) is 3.83. The van der Waals surface area contributed by atoms with Crippen LogP contribution in [0, 0.1) is 0 Å². The number of fused-ring (bicyclic) bond motifs is 1. The second-order valence-electron chi connectivity index (χ2n) is 6.20. The summed E-state index contributed by atoms with van der Waals surface area (Å²) in [5.41, 5.74) is 8.75. The maximum atomic E-state index is 12.8. The predicted molar refractivity (Wildman–Crippen MR) is 106 cm³/mol. The van der Waals surface area contributed by atoms with Gasteiger partial charge in [-0.1, -0.05) is 37.1 Å². The van der Waals surface area contributed by atoms with Crippen LogP contribution in [0.3, 0.4) is 0 Å². The van der Waals surface area contributed by atoms with Crippen molar-refractivity contribution in [3.8, 4) is 0 Å². The van der Waals surface area contributed by atoms with Crippen LogP contribution in [0.4, 0.5) is 5.69 Å². The normalized spacial score (nSPS) is 10.8. The molecule has 134 valence electrons. The quantitative estimate of drug-likeness (QED) is 0.600. The van der Waals surface area contributed by atoms with Gasteiger partial charge in [-0.2, -0.15) is 0 Å². The van der Waals surface area contributed by atoms with Crippen molar-refractivity contribution >= 4 is 34.1 Å². The highest BCUT2D eigenvalue weighted by molar-refractivity contribution is 6.30. The number of aromatic nitrogens is 1. The number of nitrogen functional groups attached to an aromatic ring is 1. The van der Waals surface area contributed by atoms with Gasteiger partial charge in [-0.3, -0.25) is 9.59 Å². The Hall–Kier alpha value is -2.79. The third-order valence-corrected chi connectivity index (χ3v) is 4.48.